The van der Waals surface area contributed by atoms with Crippen LogP contribution in [0.1, 0.15) is 0 Å². The van der Waals surface area contributed by atoms with Crippen LogP contribution < -0.4 is 0 Å². The van der Waals surface area contributed by atoms with E-state index in [0.29, 0.717) is 0 Å². The van der Waals surface area contributed by atoms with Gasteiger partial charge in [-0.2, -0.15) is 0 Å². The van der Waals surface area contributed by atoms with E-state index in [1.54, 1.807) is 0 Å². The maximum atomic E-state index is 5.13. The van der Waals surface area contributed by atoms with Crippen molar-refractivity contribution in [3.8, 4) is 0 Å². The van der Waals surface area contributed by atoms with E-state index in [4.69, 9.17) is 9.62 Å². The fraction of sp³-hybridized carbons (Fsp3) is 0.250. The molecular weight excluding hydrogens is 144 g/mol. The van der Waals surface area contributed by atoms with Gasteiger partial charge in [0.1, 0.15) is 6.26 Å². The zero-order valence-electron chi connectivity index (χ0n) is 5.84. The van der Waals surface area contributed by atoms with Crippen LogP contribution in [0, 0.1) is 5.92 Å². The van der Waals surface area contributed by atoms with Crippen molar-refractivity contribution in [1.82, 2.24) is 0 Å². The van der Waals surface area contributed by atoms with E-state index in [2.05, 4.69) is 4.89 Å². The van der Waals surface area contributed by atoms with Crippen LogP contribution in [0.25, 0.3) is 0 Å². The minimum Gasteiger partial charge on any atom is -0.464 e. The van der Waals surface area contributed by atoms with Crippen molar-refractivity contribution in [2.45, 2.75) is 6.29 Å². The molecule has 0 aromatic carbocycles. The summed E-state index contributed by atoms with van der Waals surface area (Å²) < 4.78 is 5.13. The van der Waals surface area contributed by atoms with Crippen LogP contribution in [-0.2, 0) is 14.5 Å². The highest BCUT2D eigenvalue weighted by Gasteiger charge is 2.22. The zero-order chi connectivity index (χ0) is 7.52. The first-order valence-electron chi connectivity index (χ1n) is 3.44. The molecule has 3 heteroatoms. The Kier molecular flexibility index (Phi) is 1.65. The van der Waals surface area contributed by atoms with Gasteiger partial charge in [0.05, 0.1) is 5.92 Å². The molecule has 0 aromatic heterocycles. The molecule has 0 saturated heterocycles. The van der Waals surface area contributed by atoms with E-state index in [0.717, 1.165) is 0 Å². The molecule has 0 fully saturated rings. The van der Waals surface area contributed by atoms with Crippen molar-refractivity contribution in [3.63, 3.8) is 0 Å². The Labute approximate surface area is 64.5 Å². The molecule has 2 aliphatic rings. The molecule has 3 nitrogen and oxygen atoms in total. The fourth-order valence-corrected chi connectivity index (χ4v) is 1.03. The highest BCUT2D eigenvalue weighted by atomic mass is 17.2. The van der Waals surface area contributed by atoms with Crippen LogP contribution in [0.2, 0.25) is 0 Å². The van der Waals surface area contributed by atoms with E-state index in [1.807, 2.05) is 24.3 Å². The largest absolute Gasteiger partial charge is 0.464 e. The summed E-state index contributed by atoms with van der Waals surface area (Å²) in [5.74, 6) is 0.167. The topological polar surface area (TPSA) is 27.7 Å². The van der Waals surface area contributed by atoms with Crippen molar-refractivity contribution < 1.29 is 14.5 Å². The minimum atomic E-state index is -0.338. The summed E-state index contributed by atoms with van der Waals surface area (Å²) >= 11 is 0. The summed E-state index contributed by atoms with van der Waals surface area (Å²) in [5.41, 5.74) is 0. The van der Waals surface area contributed by atoms with E-state index in [1.165, 1.54) is 12.5 Å². The van der Waals surface area contributed by atoms with Crippen LogP contribution in [0.15, 0.2) is 36.8 Å². The van der Waals surface area contributed by atoms with Gasteiger partial charge in [0.25, 0.3) is 6.29 Å². The van der Waals surface area contributed by atoms with Crippen molar-refractivity contribution in [1.29, 1.82) is 0 Å². The standard InChI is InChI=1S/C8H8O3/c1-2-4-7(3-1)8-9-5-6-10-11-8/h1-8H. The molecule has 0 radical (unpaired) electrons. The Morgan fingerprint density at radius 3 is 2.45 bits per heavy atom. The molecule has 0 aromatic rings. The van der Waals surface area contributed by atoms with Gasteiger partial charge >= 0.3 is 0 Å². The van der Waals surface area contributed by atoms with E-state index in [9.17, 15) is 0 Å². The molecule has 58 valence electrons. The molecule has 1 unspecified atom stereocenters. The van der Waals surface area contributed by atoms with Gasteiger partial charge in [-0.3, -0.25) is 0 Å². The van der Waals surface area contributed by atoms with Gasteiger partial charge in [0, 0.05) is 0 Å². The van der Waals surface area contributed by atoms with Gasteiger partial charge < -0.3 is 9.62 Å². The van der Waals surface area contributed by atoms with E-state index < -0.39 is 0 Å². The van der Waals surface area contributed by atoms with Crippen molar-refractivity contribution >= 4 is 0 Å². The highest BCUT2D eigenvalue weighted by molar-refractivity contribution is 5.18. The molecule has 0 saturated carbocycles. The third-order valence-corrected chi connectivity index (χ3v) is 1.57. The predicted octanol–water partition coefficient (Wildman–Crippen LogP) is 1.50. The monoisotopic (exact) mass is 152 g/mol. The van der Waals surface area contributed by atoms with Gasteiger partial charge in [0.2, 0.25) is 0 Å². The molecule has 0 bridgehead atoms. The van der Waals surface area contributed by atoms with Gasteiger partial charge in [-0.05, 0) is 0 Å². The average molecular weight is 152 g/mol. The predicted molar refractivity (Wildman–Crippen MR) is 38.0 cm³/mol. The lowest BCUT2D eigenvalue weighted by molar-refractivity contribution is -0.360. The van der Waals surface area contributed by atoms with Crippen LogP contribution >= 0.6 is 0 Å². The minimum absolute atomic E-state index is 0.167. The molecule has 0 amide bonds. The van der Waals surface area contributed by atoms with Crippen molar-refractivity contribution in [3.05, 3.63) is 36.8 Å². The summed E-state index contributed by atoms with van der Waals surface area (Å²) in [4.78, 5) is 9.47. The lowest BCUT2D eigenvalue weighted by Crippen LogP contribution is -2.23. The molecule has 2 rings (SSSR count). The lowest BCUT2D eigenvalue weighted by Gasteiger charge is -2.21. The Bertz CT molecular complexity index is 205. The number of ether oxygens (including phenoxy) is 1. The van der Waals surface area contributed by atoms with Crippen molar-refractivity contribution in [2.75, 3.05) is 0 Å². The van der Waals surface area contributed by atoms with Gasteiger partial charge in [0.15, 0.2) is 6.26 Å². The summed E-state index contributed by atoms with van der Waals surface area (Å²) in [6.07, 6.45) is 10.4. The molecule has 0 spiro atoms. The first kappa shape index (κ1) is 6.49. The van der Waals surface area contributed by atoms with Crippen LogP contribution in [0.5, 0.6) is 0 Å². The molecular formula is C8H8O3. The van der Waals surface area contributed by atoms with Crippen LogP contribution in [0.4, 0.5) is 0 Å². The first-order chi connectivity index (χ1) is 5.47. The second-order valence-corrected chi connectivity index (χ2v) is 2.32. The number of hydrogen-bond acceptors (Lipinski definition) is 3. The van der Waals surface area contributed by atoms with Gasteiger partial charge in [-0.15, -0.1) is 4.89 Å². The Hall–Kier alpha value is -1.22. The summed E-state index contributed by atoms with van der Waals surface area (Å²) in [5, 5.41) is 0. The summed E-state index contributed by atoms with van der Waals surface area (Å²) in [7, 11) is 0. The second-order valence-electron chi connectivity index (χ2n) is 2.32. The van der Waals surface area contributed by atoms with Gasteiger partial charge in [-0.25, -0.2) is 0 Å². The number of rotatable bonds is 1. The molecule has 1 atom stereocenters. The van der Waals surface area contributed by atoms with Gasteiger partial charge in [-0.1, -0.05) is 24.3 Å². The fourth-order valence-electron chi connectivity index (χ4n) is 1.03. The average Bonchev–Trinajstić information content (AvgIpc) is 2.58. The lowest BCUT2D eigenvalue weighted by atomic mass is 10.2. The zero-order valence-corrected chi connectivity index (χ0v) is 5.84. The SMILES string of the molecule is C1=CC(C2OC=COO2)C=C1. The number of hydrogen-bond donors (Lipinski definition) is 0. The molecule has 0 N–H and O–H groups in total. The first-order valence-corrected chi connectivity index (χ1v) is 3.44. The van der Waals surface area contributed by atoms with E-state index >= 15 is 0 Å². The maximum Gasteiger partial charge on any atom is 0.251 e. The summed E-state index contributed by atoms with van der Waals surface area (Å²) in [6.45, 7) is 0. The normalized spacial score (nSPS) is 28.5. The van der Waals surface area contributed by atoms with E-state index in [-0.39, 0.29) is 12.2 Å². The quantitative estimate of drug-likeness (QED) is 0.533. The third kappa shape index (κ3) is 1.28. The number of allylic oxidation sites excluding steroid dienone is 2. The Morgan fingerprint density at radius 1 is 1.00 bits per heavy atom. The van der Waals surface area contributed by atoms with Crippen LogP contribution in [-0.4, -0.2) is 6.29 Å². The third-order valence-electron chi connectivity index (χ3n) is 1.57. The Morgan fingerprint density at radius 2 is 1.82 bits per heavy atom. The van der Waals surface area contributed by atoms with Crippen molar-refractivity contribution in [2.24, 2.45) is 5.92 Å². The highest BCUT2D eigenvalue weighted by Crippen LogP contribution is 2.20. The summed E-state index contributed by atoms with van der Waals surface area (Å²) in [6, 6.07) is 0. The molecule has 1 aliphatic heterocycles. The Balaban J connectivity index is 1.99. The van der Waals surface area contributed by atoms with Crippen LogP contribution in [0.3, 0.4) is 0 Å². The smallest absolute Gasteiger partial charge is 0.251 e. The molecule has 1 heterocycles. The second kappa shape index (κ2) is 2.80. The maximum absolute atomic E-state index is 5.13. The molecule has 11 heavy (non-hydrogen) atoms. The molecule has 1 aliphatic carbocycles.